The van der Waals surface area contributed by atoms with Gasteiger partial charge in [0.15, 0.2) is 5.16 Å². The number of nitrogens with one attached hydrogen (secondary N) is 1. The minimum Gasteiger partial charge on any atom is -0.495 e. The van der Waals surface area contributed by atoms with E-state index in [2.05, 4.69) is 15.5 Å². The number of thioether (sulfide) groups is 1. The second-order valence-corrected chi connectivity index (χ2v) is 6.24. The van der Waals surface area contributed by atoms with Gasteiger partial charge < -0.3 is 14.6 Å². The summed E-state index contributed by atoms with van der Waals surface area (Å²) in [7, 11) is 1.59. The molecule has 22 heavy (non-hydrogen) atoms. The Kier molecular flexibility index (Phi) is 4.33. The van der Waals surface area contributed by atoms with E-state index in [0.29, 0.717) is 23.2 Å². The molecule has 116 valence electrons. The predicted molar refractivity (Wildman–Crippen MR) is 85.4 cm³/mol. The molecule has 0 atom stereocenters. The van der Waals surface area contributed by atoms with E-state index >= 15 is 0 Å². The Hall–Kier alpha value is -2.02. The quantitative estimate of drug-likeness (QED) is 0.829. The van der Waals surface area contributed by atoms with Gasteiger partial charge >= 0.3 is 0 Å². The largest absolute Gasteiger partial charge is 0.495 e. The van der Waals surface area contributed by atoms with Crippen LogP contribution in [0.5, 0.6) is 5.75 Å². The molecule has 7 heteroatoms. The van der Waals surface area contributed by atoms with Crippen molar-refractivity contribution >= 4 is 23.4 Å². The van der Waals surface area contributed by atoms with Gasteiger partial charge in [0.2, 0.25) is 5.91 Å². The van der Waals surface area contributed by atoms with Crippen LogP contribution in [-0.4, -0.2) is 33.5 Å². The molecule has 1 saturated carbocycles. The summed E-state index contributed by atoms with van der Waals surface area (Å²) in [6.07, 6.45) is 4.07. The summed E-state index contributed by atoms with van der Waals surface area (Å²) in [5.74, 6) is 0.868. The molecule has 1 aromatic heterocycles. The van der Waals surface area contributed by atoms with Crippen LogP contribution < -0.4 is 10.1 Å². The van der Waals surface area contributed by atoms with E-state index in [1.165, 1.54) is 11.8 Å². The fraction of sp³-hybridized carbons (Fsp3) is 0.400. The van der Waals surface area contributed by atoms with Crippen molar-refractivity contribution in [3.8, 4) is 5.75 Å². The zero-order valence-electron chi connectivity index (χ0n) is 12.6. The Balaban J connectivity index is 1.60. The fourth-order valence-corrected chi connectivity index (χ4v) is 2.96. The maximum absolute atomic E-state index is 12.1. The normalized spacial score (nSPS) is 13.9. The van der Waals surface area contributed by atoms with Gasteiger partial charge in [0.1, 0.15) is 12.1 Å². The molecule has 0 radical (unpaired) electrons. The molecule has 1 N–H and O–H groups in total. The number of anilines is 1. The first-order valence-electron chi connectivity index (χ1n) is 7.14. The lowest BCUT2D eigenvalue weighted by Gasteiger charge is -2.11. The van der Waals surface area contributed by atoms with Crippen LogP contribution in [0.15, 0.2) is 29.7 Å². The molecule has 1 aromatic carbocycles. The van der Waals surface area contributed by atoms with E-state index in [-0.39, 0.29) is 5.91 Å². The number of benzene rings is 1. The maximum atomic E-state index is 12.1. The first-order chi connectivity index (χ1) is 10.7. The predicted octanol–water partition coefficient (Wildman–Crippen LogP) is 2.66. The number of amides is 1. The van der Waals surface area contributed by atoms with Crippen LogP contribution in [-0.2, 0) is 4.79 Å². The third-order valence-corrected chi connectivity index (χ3v) is 4.40. The highest BCUT2D eigenvalue weighted by atomic mass is 32.2. The highest BCUT2D eigenvalue weighted by Crippen LogP contribution is 2.37. The number of ether oxygens (including phenoxy) is 1. The van der Waals surface area contributed by atoms with Gasteiger partial charge in [-0.2, -0.15) is 0 Å². The van der Waals surface area contributed by atoms with Gasteiger partial charge in [0.05, 0.1) is 18.6 Å². The summed E-state index contributed by atoms with van der Waals surface area (Å²) in [5.41, 5.74) is 1.76. The van der Waals surface area contributed by atoms with Gasteiger partial charge in [0, 0.05) is 6.04 Å². The van der Waals surface area contributed by atoms with Crippen LogP contribution in [0.3, 0.4) is 0 Å². The molecular formula is C15H18N4O2S. The van der Waals surface area contributed by atoms with Gasteiger partial charge in [-0.3, -0.25) is 4.79 Å². The first-order valence-corrected chi connectivity index (χ1v) is 8.12. The number of aryl methyl sites for hydroxylation is 1. The zero-order valence-corrected chi connectivity index (χ0v) is 13.4. The number of nitrogens with zero attached hydrogens (tertiary/aromatic N) is 3. The zero-order chi connectivity index (χ0) is 15.5. The van der Waals surface area contributed by atoms with E-state index in [0.717, 1.165) is 23.6 Å². The summed E-state index contributed by atoms with van der Waals surface area (Å²) in [6.45, 7) is 1.97. The summed E-state index contributed by atoms with van der Waals surface area (Å²) in [6, 6.07) is 6.20. The summed E-state index contributed by atoms with van der Waals surface area (Å²) in [4.78, 5) is 12.1. The first kappa shape index (κ1) is 14.9. The molecule has 0 saturated heterocycles. The molecule has 1 aliphatic rings. The average Bonchev–Trinajstić information content (AvgIpc) is 3.24. The standard InChI is InChI=1S/C15H18N4O2S/c1-10-3-6-13(21-2)12(7-10)17-14(20)8-22-15-18-16-9-19(15)11-4-5-11/h3,6-7,9,11H,4-5,8H2,1-2H3,(H,17,20). The van der Waals surface area contributed by atoms with E-state index in [1.54, 1.807) is 13.4 Å². The molecule has 0 unspecified atom stereocenters. The van der Waals surface area contributed by atoms with Crippen molar-refractivity contribution in [2.45, 2.75) is 31.0 Å². The fourth-order valence-electron chi connectivity index (χ4n) is 2.17. The van der Waals surface area contributed by atoms with Crippen molar-refractivity contribution < 1.29 is 9.53 Å². The van der Waals surface area contributed by atoms with Gasteiger partial charge in [-0.1, -0.05) is 17.8 Å². The number of hydrogen-bond donors (Lipinski definition) is 1. The van der Waals surface area contributed by atoms with Crippen LogP contribution >= 0.6 is 11.8 Å². The van der Waals surface area contributed by atoms with Crippen LogP contribution in [0.2, 0.25) is 0 Å². The van der Waals surface area contributed by atoms with Gasteiger partial charge in [-0.15, -0.1) is 10.2 Å². The van der Waals surface area contributed by atoms with Crippen LogP contribution in [0.1, 0.15) is 24.4 Å². The molecule has 0 aliphatic heterocycles. The number of hydrogen-bond acceptors (Lipinski definition) is 5. The van der Waals surface area contributed by atoms with Crippen LogP contribution in [0, 0.1) is 6.92 Å². The lowest BCUT2D eigenvalue weighted by Crippen LogP contribution is -2.15. The average molecular weight is 318 g/mol. The van der Waals surface area contributed by atoms with Gasteiger partial charge in [-0.25, -0.2) is 0 Å². The van der Waals surface area contributed by atoms with Crippen molar-refractivity contribution in [2.75, 3.05) is 18.2 Å². The van der Waals surface area contributed by atoms with Crippen LogP contribution in [0.25, 0.3) is 0 Å². The molecule has 6 nitrogen and oxygen atoms in total. The Morgan fingerprint density at radius 2 is 2.32 bits per heavy atom. The Bertz CT molecular complexity index is 682. The second-order valence-electron chi connectivity index (χ2n) is 5.29. The molecule has 2 aromatic rings. The highest BCUT2D eigenvalue weighted by Gasteiger charge is 2.26. The monoisotopic (exact) mass is 318 g/mol. The number of aromatic nitrogens is 3. The van der Waals surface area contributed by atoms with Crippen molar-refractivity contribution in [3.05, 3.63) is 30.1 Å². The minimum absolute atomic E-state index is 0.0840. The molecular weight excluding hydrogens is 300 g/mol. The molecule has 1 fully saturated rings. The van der Waals surface area contributed by atoms with Crippen molar-refractivity contribution in [1.29, 1.82) is 0 Å². The van der Waals surface area contributed by atoms with Crippen molar-refractivity contribution in [1.82, 2.24) is 14.8 Å². The van der Waals surface area contributed by atoms with E-state index in [9.17, 15) is 4.79 Å². The SMILES string of the molecule is COc1ccc(C)cc1NC(=O)CSc1nncn1C1CC1. The van der Waals surface area contributed by atoms with E-state index in [4.69, 9.17) is 4.74 Å². The van der Waals surface area contributed by atoms with E-state index < -0.39 is 0 Å². The Morgan fingerprint density at radius 3 is 3.05 bits per heavy atom. The Labute approximate surface area is 133 Å². The molecule has 1 heterocycles. The third kappa shape index (κ3) is 3.41. The topological polar surface area (TPSA) is 69.0 Å². The molecule has 0 bridgehead atoms. The summed E-state index contributed by atoms with van der Waals surface area (Å²) in [5, 5.41) is 11.7. The van der Waals surface area contributed by atoms with Crippen molar-refractivity contribution in [2.24, 2.45) is 0 Å². The smallest absolute Gasteiger partial charge is 0.234 e. The second kappa shape index (κ2) is 6.39. The lowest BCUT2D eigenvalue weighted by atomic mass is 10.2. The van der Waals surface area contributed by atoms with Crippen LogP contribution in [0.4, 0.5) is 5.69 Å². The number of carbonyl (C=O) groups excluding carboxylic acids is 1. The molecule has 1 aliphatic carbocycles. The third-order valence-electron chi connectivity index (χ3n) is 3.44. The highest BCUT2D eigenvalue weighted by molar-refractivity contribution is 7.99. The maximum Gasteiger partial charge on any atom is 0.234 e. The van der Waals surface area contributed by atoms with E-state index in [1.807, 2.05) is 29.7 Å². The molecule has 0 spiro atoms. The number of methoxy groups -OCH3 is 1. The molecule has 1 amide bonds. The summed E-state index contributed by atoms with van der Waals surface area (Å²) >= 11 is 1.40. The number of rotatable bonds is 6. The number of carbonyl (C=O) groups is 1. The molecule has 3 rings (SSSR count). The Morgan fingerprint density at radius 1 is 1.50 bits per heavy atom. The minimum atomic E-state index is -0.0840. The van der Waals surface area contributed by atoms with Gasteiger partial charge in [-0.05, 0) is 37.5 Å². The van der Waals surface area contributed by atoms with Gasteiger partial charge in [0.25, 0.3) is 0 Å². The van der Waals surface area contributed by atoms with Crippen molar-refractivity contribution in [3.63, 3.8) is 0 Å². The summed E-state index contributed by atoms with van der Waals surface area (Å²) < 4.78 is 7.31. The lowest BCUT2D eigenvalue weighted by molar-refractivity contribution is -0.113.